The number of nitrogens with two attached hydrogens (primary N) is 1. The van der Waals surface area contributed by atoms with E-state index in [1.165, 1.54) is 6.07 Å². The summed E-state index contributed by atoms with van der Waals surface area (Å²) in [4.78, 5) is 17.7. The standard InChI is InChI=1S/C12H12ClN3O2/c1-2-18-10-4-3-7(5-8(10)13)9-6-11(17)16-12(14)15-9/h3-6H,2H2,1H3,(H3,14,15,16,17). The van der Waals surface area contributed by atoms with Crippen molar-refractivity contribution >= 4 is 17.5 Å². The molecule has 94 valence electrons. The van der Waals surface area contributed by atoms with Crippen LogP contribution >= 0.6 is 11.6 Å². The fraction of sp³-hybridized carbons (Fsp3) is 0.167. The third kappa shape index (κ3) is 2.62. The van der Waals surface area contributed by atoms with Gasteiger partial charge < -0.3 is 10.5 Å². The molecule has 0 fully saturated rings. The number of aromatic amines is 1. The van der Waals surface area contributed by atoms with Gasteiger partial charge in [-0.05, 0) is 25.1 Å². The molecule has 2 rings (SSSR count). The average Bonchev–Trinajstić information content (AvgIpc) is 2.30. The Labute approximate surface area is 109 Å². The quantitative estimate of drug-likeness (QED) is 0.890. The maximum Gasteiger partial charge on any atom is 0.252 e. The maximum atomic E-state index is 11.3. The third-order valence-corrected chi connectivity index (χ3v) is 2.58. The second kappa shape index (κ2) is 5.10. The number of anilines is 1. The molecular formula is C12H12ClN3O2. The molecule has 1 aromatic heterocycles. The first kappa shape index (κ1) is 12.4. The molecule has 6 heteroatoms. The average molecular weight is 266 g/mol. The molecule has 0 saturated carbocycles. The molecule has 18 heavy (non-hydrogen) atoms. The van der Waals surface area contributed by atoms with E-state index in [0.29, 0.717) is 28.6 Å². The number of hydrogen-bond donors (Lipinski definition) is 2. The van der Waals surface area contributed by atoms with E-state index in [-0.39, 0.29) is 11.5 Å². The summed E-state index contributed by atoms with van der Waals surface area (Å²) in [6.45, 7) is 2.42. The molecule has 0 bridgehead atoms. The van der Waals surface area contributed by atoms with Crippen molar-refractivity contribution in [2.45, 2.75) is 6.92 Å². The van der Waals surface area contributed by atoms with Crippen molar-refractivity contribution in [3.05, 3.63) is 39.6 Å². The van der Waals surface area contributed by atoms with Gasteiger partial charge in [0.05, 0.1) is 17.3 Å². The Morgan fingerprint density at radius 1 is 1.44 bits per heavy atom. The van der Waals surface area contributed by atoms with Gasteiger partial charge in [-0.15, -0.1) is 0 Å². The summed E-state index contributed by atoms with van der Waals surface area (Å²) >= 11 is 6.07. The fourth-order valence-corrected chi connectivity index (χ4v) is 1.79. The highest BCUT2D eigenvalue weighted by molar-refractivity contribution is 6.32. The van der Waals surface area contributed by atoms with Crippen molar-refractivity contribution in [1.82, 2.24) is 9.97 Å². The highest BCUT2D eigenvalue weighted by Gasteiger charge is 2.06. The van der Waals surface area contributed by atoms with Crippen molar-refractivity contribution in [3.8, 4) is 17.0 Å². The molecular weight excluding hydrogens is 254 g/mol. The molecule has 0 amide bonds. The lowest BCUT2D eigenvalue weighted by Gasteiger charge is -2.07. The highest BCUT2D eigenvalue weighted by Crippen LogP contribution is 2.29. The minimum absolute atomic E-state index is 0.0718. The Balaban J connectivity index is 2.45. The highest BCUT2D eigenvalue weighted by atomic mass is 35.5. The molecule has 3 N–H and O–H groups in total. The molecule has 1 heterocycles. The van der Waals surface area contributed by atoms with E-state index in [0.717, 1.165) is 0 Å². The van der Waals surface area contributed by atoms with Crippen LogP contribution in [0.15, 0.2) is 29.1 Å². The van der Waals surface area contributed by atoms with E-state index in [9.17, 15) is 4.79 Å². The Bertz CT molecular complexity index is 625. The van der Waals surface area contributed by atoms with Crippen LogP contribution in [-0.4, -0.2) is 16.6 Å². The summed E-state index contributed by atoms with van der Waals surface area (Å²) in [5.41, 5.74) is 6.37. The number of aromatic nitrogens is 2. The fourth-order valence-electron chi connectivity index (χ4n) is 1.56. The van der Waals surface area contributed by atoms with Crippen LogP contribution in [0, 0.1) is 0 Å². The number of ether oxygens (including phenoxy) is 1. The smallest absolute Gasteiger partial charge is 0.252 e. The van der Waals surface area contributed by atoms with Gasteiger partial charge in [0.25, 0.3) is 5.56 Å². The van der Waals surface area contributed by atoms with Crippen LogP contribution in [0.3, 0.4) is 0 Å². The number of H-pyrrole nitrogens is 1. The van der Waals surface area contributed by atoms with Crippen LogP contribution in [0.2, 0.25) is 5.02 Å². The zero-order valence-corrected chi connectivity index (χ0v) is 10.5. The molecule has 0 atom stereocenters. The molecule has 0 radical (unpaired) electrons. The molecule has 1 aromatic carbocycles. The van der Waals surface area contributed by atoms with Gasteiger partial charge in [0.1, 0.15) is 5.75 Å². The summed E-state index contributed by atoms with van der Waals surface area (Å²) in [6.07, 6.45) is 0. The predicted octanol–water partition coefficient (Wildman–Crippen LogP) is 2.07. The van der Waals surface area contributed by atoms with Crippen molar-refractivity contribution in [3.63, 3.8) is 0 Å². The second-order valence-electron chi connectivity index (χ2n) is 3.59. The van der Waals surface area contributed by atoms with E-state index in [2.05, 4.69) is 9.97 Å². The van der Waals surface area contributed by atoms with E-state index in [4.69, 9.17) is 22.1 Å². The minimum Gasteiger partial charge on any atom is -0.492 e. The number of hydrogen-bond acceptors (Lipinski definition) is 4. The van der Waals surface area contributed by atoms with Crippen molar-refractivity contribution in [2.75, 3.05) is 12.3 Å². The Morgan fingerprint density at radius 2 is 2.22 bits per heavy atom. The molecule has 0 saturated heterocycles. The maximum absolute atomic E-state index is 11.3. The second-order valence-corrected chi connectivity index (χ2v) is 4.00. The van der Waals surface area contributed by atoms with Crippen LogP contribution in [-0.2, 0) is 0 Å². The molecule has 5 nitrogen and oxygen atoms in total. The van der Waals surface area contributed by atoms with E-state index in [1.807, 2.05) is 6.92 Å². The zero-order chi connectivity index (χ0) is 13.1. The first-order chi connectivity index (χ1) is 8.60. The normalized spacial score (nSPS) is 10.3. The number of nitrogen functional groups attached to an aromatic ring is 1. The monoisotopic (exact) mass is 265 g/mol. The van der Waals surface area contributed by atoms with Crippen LogP contribution < -0.4 is 16.0 Å². The Morgan fingerprint density at radius 3 is 2.83 bits per heavy atom. The van der Waals surface area contributed by atoms with Gasteiger partial charge in [0.15, 0.2) is 0 Å². The van der Waals surface area contributed by atoms with Gasteiger partial charge in [-0.1, -0.05) is 11.6 Å². The largest absolute Gasteiger partial charge is 0.492 e. The first-order valence-corrected chi connectivity index (χ1v) is 5.77. The van der Waals surface area contributed by atoms with Crippen LogP contribution in [0.1, 0.15) is 6.92 Å². The summed E-state index contributed by atoms with van der Waals surface area (Å²) in [5.74, 6) is 0.670. The summed E-state index contributed by atoms with van der Waals surface area (Å²) < 4.78 is 5.33. The lowest BCUT2D eigenvalue weighted by atomic mass is 10.1. The topological polar surface area (TPSA) is 81.0 Å². The summed E-state index contributed by atoms with van der Waals surface area (Å²) in [6, 6.07) is 6.56. The van der Waals surface area contributed by atoms with E-state index in [1.54, 1.807) is 18.2 Å². The molecule has 0 aliphatic heterocycles. The number of halogens is 1. The van der Waals surface area contributed by atoms with Gasteiger partial charge >= 0.3 is 0 Å². The lowest BCUT2D eigenvalue weighted by molar-refractivity contribution is 0.340. The number of rotatable bonds is 3. The number of nitrogens with one attached hydrogen (secondary N) is 1. The lowest BCUT2D eigenvalue weighted by Crippen LogP contribution is -2.10. The molecule has 0 spiro atoms. The third-order valence-electron chi connectivity index (χ3n) is 2.29. The predicted molar refractivity (Wildman–Crippen MR) is 70.9 cm³/mol. The van der Waals surface area contributed by atoms with Gasteiger partial charge in [0, 0.05) is 11.6 Å². The molecule has 0 aliphatic carbocycles. The van der Waals surface area contributed by atoms with Gasteiger partial charge in [-0.25, -0.2) is 4.98 Å². The minimum atomic E-state index is -0.303. The van der Waals surface area contributed by atoms with E-state index < -0.39 is 0 Å². The molecule has 0 unspecified atom stereocenters. The van der Waals surface area contributed by atoms with Crippen molar-refractivity contribution in [2.24, 2.45) is 0 Å². The van der Waals surface area contributed by atoms with E-state index >= 15 is 0 Å². The molecule has 0 aliphatic rings. The van der Waals surface area contributed by atoms with Crippen LogP contribution in [0.5, 0.6) is 5.75 Å². The zero-order valence-electron chi connectivity index (χ0n) is 9.74. The molecule has 2 aromatic rings. The van der Waals surface area contributed by atoms with Gasteiger partial charge in [-0.3, -0.25) is 9.78 Å². The summed E-state index contributed by atoms with van der Waals surface area (Å²) in [7, 11) is 0. The first-order valence-electron chi connectivity index (χ1n) is 5.39. The van der Waals surface area contributed by atoms with Gasteiger partial charge in [0.2, 0.25) is 5.95 Å². The number of benzene rings is 1. The Kier molecular flexibility index (Phi) is 3.53. The Hall–Kier alpha value is -2.01. The number of nitrogens with zero attached hydrogens (tertiary/aromatic N) is 1. The SMILES string of the molecule is CCOc1ccc(-c2cc(=O)[nH]c(N)n2)cc1Cl. The van der Waals surface area contributed by atoms with Gasteiger partial charge in [-0.2, -0.15) is 0 Å². The van der Waals surface area contributed by atoms with Crippen LogP contribution in [0.4, 0.5) is 5.95 Å². The van der Waals surface area contributed by atoms with Crippen LogP contribution in [0.25, 0.3) is 11.3 Å². The van der Waals surface area contributed by atoms with Crippen molar-refractivity contribution in [1.29, 1.82) is 0 Å². The van der Waals surface area contributed by atoms with Crippen molar-refractivity contribution < 1.29 is 4.74 Å². The summed E-state index contributed by atoms with van der Waals surface area (Å²) in [5, 5.41) is 0.468.